The van der Waals surface area contributed by atoms with Crippen LogP contribution in [0.3, 0.4) is 0 Å². The molecule has 0 saturated carbocycles. The second-order valence-corrected chi connectivity index (χ2v) is 16.2. The first-order valence-electron chi connectivity index (χ1n) is 21.2. The lowest BCUT2D eigenvalue weighted by Crippen LogP contribution is -2.03. The Morgan fingerprint density at radius 3 is 1.76 bits per heavy atom. The summed E-state index contributed by atoms with van der Waals surface area (Å²) in [6.07, 6.45) is 0. The normalized spacial score (nSPS) is 11.9. The van der Waals surface area contributed by atoms with Crippen molar-refractivity contribution in [2.24, 2.45) is 0 Å². The third-order valence-corrected chi connectivity index (χ3v) is 12.7. The molecule has 4 heteroatoms. The summed E-state index contributed by atoms with van der Waals surface area (Å²) in [6, 6.07) is 78.7. The van der Waals surface area contributed by atoms with Crippen molar-refractivity contribution >= 4 is 76.1 Å². The van der Waals surface area contributed by atoms with Gasteiger partial charge < -0.3 is 4.57 Å². The van der Waals surface area contributed by atoms with Gasteiger partial charge in [-0.25, -0.2) is 9.97 Å². The van der Waals surface area contributed by atoms with E-state index in [1.54, 1.807) is 0 Å². The molecule has 0 N–H and O–H groups in total. The standard InChI is InChI=1S/C58H36N4/c1-2-12-37(13-3-1)39-24-29-45(30-25-39)61-52-21-11-9-18-47(52)48-31-26-43(36-55(48)61)42-28-32-53-50(35-42)56-46-17-7-6-15-40(46)27-33-54(56)62(53)58-59-51-20-10-8-19-49(51)57(60-58)44-23-22-38-14-4-5-16-41(38)34-44/h1-36H. The highest BCUT2D eigenvalue weighted by Gasteiger charge is 2.20. The number of hydrogen-bond donors (Lipinski definition) is 0. The van der Waals surface area contributed by atoms with E-state index in [0.717, 1.165) is 55.4 Å². The quantitative estimate of drug-likeness (QED) is 0.174. The minimum Gasteiger partial charge on any atom is -0.309 e. The third kappa shape index (κ3) is 5.33. The number of hydrogen-bond acceptors (Lipinski definition) is 2. The molecule has 0 bridgehead atoms. The first-order chi connectivity index (χ1) is 30.7. The van der Waals surface area contributed by atoms with Gasteiger partial charge in [-0.3, -0.25) is 4.57 Å². The molecular weight excluding hydrogens is 753 g/mol. The maximum atomic E-state index is 5.45. The van der Waals surface area contributed by atoms with Crippen LogP contribution in [0.1, 0.15) is 0 Å². The fourth-order valence-corrected chi connectivity index (χ4v) is 9.77. The predicted octanol–water partition coefficient (Wildman–Crippen LogP) is 15.1. The smallest absolute Gasteiger partial charge is 0.235 e. The molecule has 0 aliphatic carbocycles. The maximum Gasteiger partial charge on any atom is 0.235 e. The van der Waals surface area contributed by atoms with E-state index in [2.05, 4.69) is 228 Å². The highest BCUT2D eigenvalue weighted by Crippen LogP contribution is 2.41. The number of rotatable bonds is 5. The van der Waals surface area contributed by atoms with Crippen LogP contribution in [0.4, 0.5) is 0 Å². The molecule has 13 rings (SSSR count). The molecule has 0 radical (unpaired) electrons. The van der Waals surface area contributed by atoms with Gasteiger partial charge in [0.25, 0.3) is 0 Å². The lowest BCUT2D eigenvalue weighted by Gasteiger charge is -2.12. The molecular formula is C58H36N4. The van der Waals surface area contributed by atoms with Crippen molar-refractivity contribution in [1.82, 2.24) is 19.1 Å². The number of fused-ring (bicyclic) bond motifs is 10. The van der Waals surface area contributed by atoms with E-state index in [4.69, 9.17) is 9.97 Å². The molecule has 13 aromatic rings. The van der Waals surface area contributed by atoms with Gasteiger partial charge in [0, 0.05) is 38.2 Å². The van der Waals surface area contributed by atoms with Crippen molar-refractivity contribution in [2.45, 2.75) is 0 Å². The van der Waals surface area contributed by atoms with Crippen LogP contribution in [0.5, 0.6) is 0 Å². The summed E-state index contributed by atoms with van der Waals surface area (Å²) in [6.45, 7) is 0. The van der Waals surface area contributed by atoms with Crippen LogP contribution in [-0.2, 0) is 0 Å². The van der Waals surface area contributed by atoms with Crippen LogP contribution in [0.25, 0.3) is 121 Å². The monoisotopic (exact) mass is 788 g/mol. The number of nitrogens with zero attached hydrogens (tertiary/aromatic N) is 4. The summed E-state index contributed by atoms with van der Waals surface area (Å²) >= 11 is 0. The molecule has 288 valence electrons. The van der Waals surface area contributed by atoms with E-state index >= 15 is 0 Å². The summed E-state index contributed by atoms with van der Waals surface area (Å²) in [5, 5.41) is 10.7. The molecule has 62 heavy (non-hydrogen) atoms. The fourth-order valence-electron chi connectivity index (χ4n) is 9.77. The van der Waals surface area contributed by atoms with Crippen molar-refractivity contribution in [3.8, 4) is 45.1 Å². The average Bonchev–Trinajstić information content (AvgIpc) is 3.86. The molecule has 0 fully saturated rings. The topological polar surface area (TPSA) is 35.6 Å². The Kier molecular flexibility index (Phi) is 7.57. The van der Waals surface area contributed by atoms with Crippen LogP contribution in [-0.4, -0.2) is 19.1 Å². The van der Waals surface area contributed by atoms with E-state index in [0.29, 0.717) is 5.95 Å². The van der Waals surface area contributed by atoms with Crippen LogP contribution in [0.15, 0.2) is 218 Å². The predicted molar refractivity (Wildman–Crippen MR) is 260 cm³/mol. The van der Waals surface area contributed by atoms with Crippen molar-refractivity contribution in [3.63, 3.8) is 0 Å². The Morgan fingerprint density at radius 1 is 0.290 bits per heavy atom. The van der Waals surface area contributed by atoms with Gasteiger partial charge in [0.2, 0.25) is 5.95 Å². The van der Waals surface area contributed by atoms with Crippen molar-refractivity contribution < 1.29 is 0 Å². The Labute approximate surface area is 357 Å². The Balaban J connectivity index is 1.02. The largest absolute Gasteiger partial charge is 0.309 e. The zero-order chi connectivity index (χ0) is 40.7. The molecule has 4 nitrogen and oxygen atoms in total. The molecule has 3 aromatic heterocycles. The van der Waals surface area contributed by atoms with Gasteiger partial charge in [0.05, 0.1) is 33.3 Å². The highest BCUT2D eigenvalue weighted by molar-refractivity contribution is 6.22. The maximum absolute atomic E-state index is 5.45. The zero-order valence-electron chi connectivity index (χ0n) is 33.6. The Bertz CT molecular complexity index is 3910. The van der Waals surface area contributed by atoms with Gasteiger partial charge in [0.15, 0.2) is 0 Å². The van der Waals surface area contributed by atoms with Gasteiger partial charge >= 0.3 is 0 Å². The molecule has 3 heterocycles. The second-order valence-electron chi connectivity index (χ2n) is 16.2. The van der Waals surface area contributed by atoms with E-state index in [1.165, 1.54) is 59.9 Å². The number of para-hydroxylation sites is 2. The van der Waals surface area contributed by atoms with Crippen molar-refractivity contribution in [2.75, 3.05) is 0 Å². The van der Waals surface area contributed by atoms with Gasteiger partial charge in [0.1, 0.15) is 0 Å². The Morgan fingerprint density at radius 2 is 0.887 bits per heavy atom. The van der Waals surface area contributed by atoms with Gasteiger partial charge in [-0.05, 0) is 98.4 Å². The molecule has 0 aliphatic heterocycles. The van der Waals surface area contributed by atoms with Crippen LogP contribution < -0.4 is 0 Å². The molecule has 10 aromatic carbocycles. The first kappa shape index (κ1) is 34.5. The Hall–Kier alpha value is -8.34. The fraction of sp³-hybridized carbons (Fsp3) is 0. The minimum atomic E-state index is 0.652. The second kappa shape index (κ2) is 13.6. The summed E-state index contributed by atoms with van der Waals surface area (Å²) in [7, 11) is 0. The van der Waals surface area contributed by atoms with Gasteiger partial charge in [-0.2, -0.15) is 0 Å². The molecule has 0 spiro atoms. The van der Waals surface area contributed by atoms with Crippen LogP contribution in [0.2, 0.25) is 0 Å². The van der Waals surface area contributed by atoms with E-state index in [9.17, 15) is 0 Å². The van der Waals surface area contributed by atoms with E-state index in [1.807, 2.05) is 0 Å². The average molecular weight is 789 g/mol. The third-order valence-electron chi connectivity index (χ3n) is 12.7. The molecule has 0 atom stereocenters. The lowest BCUT2D eigenvalue weighted by molar-refractivity contribution is 1.01. The van der Waals surface area contributed by atoms with E-state index < -0.39 is 0 Å². The minimum absolute atomic E-state index is 0.652. The number of benzene rings is 10. The van der Waals surface area contributed by atoms with Crippen LogP contribution in [0, 0.1) is 0 Å². The first-order valence-corrected chi connectivity index (χ1v) is 21.2. The highest BCUT2D eigenvalue weighted by atomic mass is 15.2. The van der Waals surface area contributed by atoms with Crippen molar-refractivity contribution in [1.29, 1.82) is 0 Å². The SMILES string of the molecule is c1ccc(-c2ccc(-n3c4ccccc4c4ccc(-c5ccc6c(c5)c5c7ccccc7ccc5n6-c5nc(-c6ccc7ccccc7c6)c6ccccc6n5)cc43)cc2)cc1. The summed E-state index contributed by atoms with van der Waals surface area (Å²) < 4.78 is 4.67. The molecule has 0 aliphatic rings. The summed E-state index contributed by atoms with van der Waals surface area (Å²) in [4.78, 5) is 10.7. The molecule has 0 amide bonds. The zero-order valence-corrected chi connectivity index (χ0v) is 33.6. The molecule has 0 unspecified atom stereocenters. The lowest BCUT2D eigenvalue weighted by atomic mass is 9.99. The van der Waals surface area contributed by atoms with Crippen LogP contribution >= 0.6 is 0 Å². The summed E-state index contributed by atoms with van der Waals surface area (Å²) in [5.74, 6) is 0.652. The van der Waals surface area contributed by atoms with Gasteiger partial charge in [-0.15, -0.1) is 0 Å². The molecule has 0 saturated heterocycles. The van der Waals surface area contributed by atoms with E-state index in [-0.39, 0.29) is 0 Å². The van der Waals surface area contributed by atoms with Crippen molar-refractivity contribution in [3.05, 3.63) is 218 Å². The summed E-state index contributed by atoms with van der Waals surface area (Å²) in [5.41, 5.74) is 13.3. The number of aromatic nitrogens is 4. The van der Waals surface area contributed by atoms with Gasteiger partial charge in [-0.1, -0.05) is 164 Å².